The molecule has 3 aromatic rings. The molecular weight excluding hydrogens is 347 g/mol. The fraction of sp³-hybridized carbons (Fsp3) is 0.143. The lowest BCUT2D eigenvalue weighted by molar-refractivity contribution is 0.0595. The Bertz CT molecular complexity index is 925. The van der Waals surface area contributed by atoms with Gasteiger partial charge in [-0.2, -0.15) is 0 Å². The van der Waals surface area contributed by atoms with E-state index in [1.807, 2.05) is 30.3 Å². The number of carbonyl (C=O) groups excluding carboxylic acids is 1. The third-order valence-corrected chi connectivity index (χ3v) is 4.01. The molecule has 0 saturated heterocycles. The summed E-state index contributed by atoms with van der Waals surface area (Å²) in [6, 6.07) is 15.4. The molecule has 0 bridgehead atoms. The first-order chi connectivity index (χ1) is 13.1. The summed E-state index contributed by atoms with van der Waals surface area (Å²) in [5.41, 5.74) is 3.33. The van der Waals surface area contributed by atoms with Crippen LogP contribution in [0.4, 0.5) is 15.8 Å². The quantitative estimate of drug-likeness (QED) is 0.657. The highest BCUT2D eigenvalue weighted by Gasteiger charge is 2.15. The zero-order valence-electron chi connectivity index (χ0n) is 15.0. The number of anilines is 2. The molecule has 1 heterocycles. The van der Waals surface area contributed by atoms with Crippen molar-refractivity contribution >= 4 is 17.3 Å². The molecule has 2 aromatic carbocycles. The highest BCUT2D eigenvalue weighted by Crippen LogP contribution is 2.24. The molecule has 1 aromatic heterocycles. The third-order valence-electron chi connectivity index (χ3n) is 4.01. The number of carbonyl (C=O) groups is 1. The van der Waals surface area contributed by atoms with Crippen molar-refractivity contribution in [3.05, 3.63) is 83.4 Å². The number of esters is 1. The molecule has 0 aliphatic carbocycles. The number of rotatable bonds is 6. The molecule has 0 spiro atoms. The Morgan fingerprint density at radius 3 is 2.37 bits per heavy atom. The molecule has 6 heteroatoms. The smallest absolute Gasteiger partial charge is 0.358 e. The molecule has 0 radical (unpaired) electrons. The van der Waals surface area contributed by atoms with Crippen LogP contribution in [-0.4, -0.2) is 25.2 Å². The number of halogens is 1. The number of methoxy groups -OCH3 is 2. The van der Waals surface area contributed by atoms with Crippen molar-refractivity contribution in [2.45, 2.75) is 6.42 Å². The highest BCUT2D eigenvalue weighted by molar-refractivity contribution is 5.94. The summed E-state index contributed by atoms with van der Waals surface area (Å²) < 4.78 is 23.1. The zero-order chi connectivity index (χ0) is 19.2. The van der Waals surface area contributed by atoms with Crippen molar-refractivity contribution < 1.29 is 18.7 Å². The molecule has 27 heavy (non-hydrogen) atoms. The fourth-order valence-electron chi connectivity index (χ4n) is 2.63. The molecule has 0 unspecified atom stereocenters. The summed E-state index contributed by atoms with van der Waals surface area (Å²) in [5.74, 6) is -0.0731. The Morgan fingerprint density at radius 1 is 1.04 bits per heavy atom. The monoisotopic (exact) mass is 366 g/mol. The van der Waals surface area contributed by atoms with E-state index in [2.05, 4.69) is 10.3 Å². The highest BCUT2D eigenvalue weighted by atomic mass is 19.1. The number of ether oxygens (including phenoxy) is 2. The van der Waals surface area contributed by atoms with Gasteiger partial charge in [0.05, 0.1) is 19.9 Å². The van der Waals surface area contributed by atoms with Crippen molar-refractivity contribution in [3.63, 3.8) is 0 Å². The molecule has 138 valence electrons. The van der Waals surface area contributed by atoms with E-state index in [1.165, 1.54) is 19.2 Å². The van der Waals surface area contributed by atoms with E-state index in [4.69, 9.17) is 9.47 Å². The summed E-state index contributed by atoms with van der Waals surface area (Å²) in [7, 11) is 2.91. The third kappa shape index (κ3) is 4.61. The van der Waals surface area contributed by atoms with Gasteiger partial charge >= 0.3 is 5.97 Å². The normalized spacial score (nSPS) is 10.3. The van der Waals surface area contributed by atoms with Gasteiger partial charge in [-0.3, -0.25) is 0 Å². The summed E-state index contributed by atoms with van der Waals surface area (Å²) in [4.78, 5) is 16.3. The second-order valence-corrected chi connectivity index (χ2v) is 5.89. The van der Waals surface area contributed by atoms with E-state index in [-0.39, 0.29) is 11.5 Å². The van der Waals surface area contributed by atoms with Crippen molar-refractivity contribution in [2.75, 3.05) is 19.5 Å². The van der Waals surface area contributed by atoms with Crippen LogP contribution in [0.3, 0.4) is 0 Å². The van der Waals surface area contributed by atoms with Gasteiger partial charge in [0.1, 0.15) is 11.6 Å². The summed E-state index contributed by atoms with van der Waals surface area (Å²) in [5, 5.41) is 3.20. The minimum absolute atomic E-state index is 0.191. The van der Waals surface area contributed by atoms with Crippen molar-refractivity contribution in [1.82, 2.24) is 4.98 Å². The van der Waals surface area contributed by atoms with Gasteiger partial charge in [0.25, 0.3) is 0 Å². The van der Waals surface area contributed by atoms with Crippen LogP contribution in [-0.2, 0) is 11.2 Å². The maximum absolute atomic E-state index is 13.1. The van der Waals surface area contributed by atoms with Crippen LogP contribution in [0, 0.1) is 5.82 Å². The van der Waals surface area contributed by atoms with Gasteiger partial charge in [-0.05, 0) is 60.0 Å². The largest absolute Gasteiger partial charge is 0.497 e. The van der Waals surface area contributed by atoms with Crippen molar-refractivity contribution in [2.24, 2.45) is 0 Å². The van der Waals surface area contributed by atoms with E-state index in [0.717, 1.165) is 22.6 Å². The fourth-order valence-corrected chi connectivity index (χ4v) is 2.63. The maximum Gasteiger partial charge on any atom is 0.358 e. The van der Waals surface area contributed by atoms with Gasteiger partial charge in [0.15, 0.2) is 5.69 Å². The second kappa shape index (κ2) is 8.31. The Kier molecular flexibility index (Phi) is 5.66. The Balaban J connectivity index is 1.89. The van der Waals surface area contributed by atoms with Crippen LogP contribution in [0.15, 0.2) is 60.8 Å². The first-order valence-electron chi connectivity index (χ1n) is 8.32. The summed E-state index contributed by atoms with van der Waals surface area (Å²) >= 11 is 0. The lowest BCUT2D eigenvalue weighted by Crippen LogP contribution is -2.09. The molecule has 3 rings (SSSR count). The number of hydrogen-bond acceptors (Lipinski definition) is 5. The standard InChI is InChI=1S/C21H19FN2O3/c1-26-18-9-7-17(8-10-18)24-19-12-15(13-23-20(19)21(25)27-2)11-14-3-5-16(22)6-4-14/h3-10,12-13,24H,11H2,1-2H3. The zero-order valence-corrected chi connectivity index (χ0v) is 15.0. The number of nitrogens with zero attached hydrogens (tertiary/aromatic N) is 1. The first kappa shape index (κ1) is 18.4. The minimum atomic E-state index is -0.528. The minimum Gasteiger partial charge on any atom is -0.497 e. The molecule has 0 amide bonds. The van der Waals surface area contributed by atoms with E-state index in [9.17, 15) is 9.18 Å². The van der Waals surface area contributed by atoms with Crippen LogP contribution in [0.25, 0.3) is 0 Å². The molecule has 0 aliphatic rings. The van der Waals surface area contributed by atoms with Crippen LogP contribution >= 0.6 is 0 Å². The van der Waals surface area contributed by atoms with E-state index >= 15 is 0 Å². The average molecular weight is 366 g/mol. The molecular formula is C21H19FN2O3. The molecule has 0 atom stereocenters. The predicted octanol–water partition coefficient (Wildman–Crippen LogP) is 4.35. The molecule has 0 fully saturated rings. The average Bonchev–Trinajstić information content (AvgIpc) is 2.70. The summed E-state index contributed by atoms with van der Waals surface area (Å²) in [6.07, 6.45) is 2.18. The number of benzene rings is 2. The van der Waals surface area contributed by atoms with E-state index in [0.29, 0.717) is 12.1 Å². The lowest BCUT2D eigenvalue weighted by atomic mass is 10.1. The molecule has 1 N–H and O–H groups in total. The second-order valence-electron chi connectivity index (χ2n) is 5.89. The van der Waals surface area contributed by atoms with Crippen LogP contribution in [0.2, 0.25) is 0 Å². The van der Waals surface area contributed by atoms with Gasteiger partial charge in [-0.25, -0.2) is 14.2 Å². The van der Waals surface area contributed by atoms with Gasteiger partial charge in [0, 0.05) is 11.9 Å². The van der Waals surface area contributed by atoms with Crippen LogP contribution < -0.4 is 10.1 Å². The molecule has 0 aliphatic heterocycles. The van der Waals surface area contributed by atoms with Crippen molar-refractivity contribution in [3.8, 4) is 5.75 Å². The molecule has 0 saturated carbocycles. The molecule has 5 nitrogen and oxygen atoms in total. The number of aromatic nitrogens is 1. The maximum atomic E-state index is 13.1. The Labute approximate surface area is 156 Å². The van der Waals surface area contributed by atoms with Gasteiger partial charge in [-0.1, -0.05) is 12.1 Å². The van der Waals surface area contributed by atoms with Crippen molar-refractivity contribution in [1.29, 1.82) is 0 Å². The Morgan fingerprint density at radius 2 is 1.74 bits per heavy atom. The predicted molar refractivity (Wildman–Crippen MR) is 101 cm³/mol. The van der Waals surface area contributed by atoms with Gasteiger partial charge in [-0.15, -0.1) is 0 Å². The number of nitrogens with one attached hydrogen (secondary N) is 1. The number of hydrogen-bond donors (Lipinski definition) is 1. The van der Waals surface area contributed by atoms with E-state index in [1.54, 1.807) is 25.4 Å². The summed E-state index contributed by atoms with van der Waals surface area (Å²) in [6.45, 7) is 0. The van der Waals surface area contributed by atoms with Crippen LogP contribution in [0.5, 0.6) is 5.75 Å². The first-order valence-corrected chi connectivity index (χ1v) is 8.32. The topological polar surface area (TPSA) is 60.5 Å². The van der Waals surface area contributed by atoms with Crippen LogP contribution in [0.1, 0.15) is 21.6 Å². The Hall–Kier alpha value is -3.41. The number of pyridine rings is 1. The lowest BCUT2D eigenvalue weighted by Gasteiger charge is -2.12. The van der Waals surface area contributed by atoms with Gasteiger partial charge in [0.2, 0.25) is 0 Å². The van der Waals surface area contributed by atoms with Gasteiger partial charge < -0.3 is 14.8 Å². The van der Waals surface area contributed by atoms with E-state index < -0.39 is 5.97 Å². The SMILES string of the molecule is COC(=O)c1ncc(Cc2ccc(F)cc2)cc1Nc1ccc(OC)cc1.